The number of piperidine rings is 1. The van der Waals surface area contributed by atoms with Crippen LogP contribution in [0.4, 0.5) is 0 Å². The van der Waals surface area contributed by atoms with Crippen LogP contribution in [0.3, 0.4) is 0 Å². The topological polar surface area (TPSA) is 6.48 Å². The lowest BCUT2D eigenvalue weighted by atomic mass is 9.52. The van der Waals surface area contributed by atoms with E-state index in [0.717, 1.165) is 12.0 Å². The highest BCUT2D eigenvalue weighted by Gasteiger charge is 2.52. The zero-order valence-electron chi connectivity index (χ0n) is 24.6. The molecule has 0 radical (unpaired) electrons. The Kier molecular flexibility index (Phi) is 7.58. The van der Waals surface area contributed by atoms with Crippen molar-refractivity contribution < 1.29 is 0 Å². The van der Waals surface area contributed by atoms with Crippen LogP contribution in [0.15, 0.2) is 53.6 Å². The SMILES string of the molecule is Cc1ccc(CC2C3=C(CCCC3)CCN2C)cc1.Cc1ccc2c(c1)[C@@]13CCCC[C@H]1[C@@H](C2)N(C)CC3. The van der Waals surface area contributed by atoms with Gasteiger partial charge in [0.15, 0.2) is 0 Å². The first-order valence-corrected chi connectivity index (χ1v) is 15.7. The minimum Gasteiger partial charge on any atom is -0.303 e. The summed E-state index contributed by atoms with van der Waals surface area (Å²) in [5.74, 6) is 0.925. The van der Waals surface area contributed by atoms with Gasteiger partial charge < -0.3 is 4.90 Å². The predicted octanol–water partition coefficient (Wildman–Crippen LogP) is 7.80. The minimum absolute atomic E-state index is 0.537. The Labute approximate surface area is 232 Å². The predicted molar refractivity (Wildman–Crippen MR) is 161 cm³/mol. The van der Waals surface area contributed by atoms with E-state index >= 15 is 0 Å². The zero-order valence-corrected chi connectivity index (χ0v) is 24.6. The van der Waals surface area contributed by atoms with Gasteiger partial charge in [0.25, 0.3) is 0 Å². The second kappa shape index (κ2) is 10.9. The van der Waals surface area contributed by atoms with Crippen molar-refractivity contribution in [2.75, 3.05) is 27.2 Å². The summed E-state index contributed by atoms with van der Waals surface area (Å²) in [6, 6.07) is 17.8. The lowest BCUT2D eigenvalue weighted by Crippen LogP contribution is -2.59. The van der Waals surface area contributed by atoms with Crippen LogP contribution in [0.5, 0.6) is 0 Å². The average molecular weight is 511 g/mol. The molecule has 2 heteroatoms. The lowest BCUT2D eigenvalue weighted by molar-refractivity contribution is 0.00283. The number of nitrogens with zero attached hydrogens (tertiary/aromatic N) is 2. The highest BCUT2D eigenvalue weighted by Crippen LogP contribution is 2.55. The molecule has 2 heterocycles. The van der Waals surface area contributed by atoms with Crippen LogP contribution in [0.2, 0.25) is 0 Å². The van der Waals surface area contributed by atoms with Gasteiger partial charge in [0.1, 0.15) is 0 Å². The monoisotopic (exact) mass is 510 g/mol. The van der Waals surface area contributed by atoms with Crippen LogP contribution in [0.1, 0.15) is 92.0 Å². The highest BCUT2D eigenvalue weighted by molar-refractivity contribution is 5.43. The molecule has 2 aromatic carbocycles. The van der Waals surface area contributed by atoms with Crippen molar-refractivity contribution in [2.24, 2.45) is 5.92 Å². The van der Waals surface area contributed by atoms with Gasteiger partial charge in [-0.2, -0.15) is 0 Å². The smallest absolute Gasteiger partial charge is 0.0347 e. The highest BCUT2D eigenvalue weighted by atomic mass is 15.2. The maximum absolute atomic E-state index is 2.65. The van der Waals surface area contributed by atoms with E-state index in [4.69, 9.17) is 0 Å². The summed E-state index contributed by atoms with van der Waals surface area (Å²) >= 11 is 0. The van der Waals surface area contributed by atoms with E-state index in [1.807, 2.05) is 0 Å². The molecule has 1 unspecified atom stereocenters. The molecule has 2 nitrogen and oxygen atoms in total. The van der Waals surface area contributed by atoms with E-state index in [2.05, 4.69) is 80.2 Å². The molecular weight excluding hydrogens is 460 g/mol. The van der Waals surface area contributed by atoms with Gasteiger partial charge in [-0.15, -0.1) is 0 Å². The number of likely N-dealkylation sites (tertiary alicyclic amines) is 1. The molecule has 4 atom stereocenters. The van der Waals surface area contributed by atoms with Crippen LogP contribution in [-0.2, 0) is 18.3 Å². The maximum Gasteiger partial charge on any atom is 0.0347 e. The molecule has 7 rings (SSSR count). The maximum atomic E-state index is 2.65. The van der Waals surface area contributed by atoms with Crippen molar-refractivity contribution in [2.45, 2.75) is 108 Å². The molecule has 0 N–H and O–H groups in total. The van der Waals surface area contributed by atoms with Gasteiger partial charge in [-0.25, -0.2) is 0 Å². The summed E-state index contributed by atoms with van der Waals surface area (Å²) in [5.41, 5.74) is 11.8. The third kappa shape index (κ3) is 4.92. The van der Waals surface area contributed by atoms with Crippen LogP contribution in [-0.4, -0.2) is 49.1 Å². The molecule has 5 aliphatic rings. The first-order valence-electron chi connectivity index (χ1n) is 15.7. The van der Waals surface area contributed by atoms with Crippen LogP contribution < -0.4 is 0 Å². The van der Waals surface area contributed by atoms with Crippen molar-refractivity contribution >= 4 is 0 Å². The van der Waals surface area contributed by atoms with Crippen LogP contribution >= 0.6 is 0 Å². The third-order valence-electron chi connectivity index (χ3n) is 11.1. The fourth-order valence-electron chi connectivity index (χ4n) is 8.95. The molecule has 38 heavy (non-hydrogen) atoms. The van der Waals surface area contributed by atoms with Crippen molar-refractivity contribution in [3.05, 3.63) is 81.4 Å². The van der Waals surface area contributed by atoms with E-state index in [1.54, 1.807) is 22.3 Å². The van der Waals surface area contributed by atoms with Gasteiger partial charge in [-0.3, -0.25) is 4.90 Å². The number of hydrogen-bond acceptors (Lipinski definition) is 2. The van der Waals surface area contributed by atoms with Crippen molar-refractivity contribution in [1.29, 1.82) is 0 Å². The first-order chi connectivity index (χ1) is 18.4. The Morgan fingerprint density at radius 3 is 2.42 bits per heavy atom. The molecule has 0 amide bonds. The molecule has 0 aromatic heterocycles. The first kappa shape index (κ1) is 26.3. The summed E-state index contributed by atoms with van der Waals surface area (Å²) < 4.78 is 0. The summed E-state index contributed by atoms with van der Waals surface area (Å²) in [6.45, 7) is 6.97. The van der Waals surface area contributed by atoms with Crippen molar-refractivity contribution in [1.82, 2.24) is 9.80 Å². The molecule has 2 aromatic rings. The number of aryl methyl sites for hydroxylation is 2. The van der Waals surface area contributed by atoms with Gasteiger partial charge in [0.05, 0.1) is 0 Å². The number of fused-ring (bicyclic) bond motifs is 1. The Bertz CT molecular complexity index is 1160. The minimum atomic E-state index is 0.537. The molecule has 0 spiro atoms. The Morgan fingerprint density at radius 1 is 0.789 bits per heavy atom. The summed E-state index contributed by atoms with van der Waals surface area (Å²) in [5, 5.41) is 0. The standard InChI is InChI=1S/2C18H25N/c1-13-6-7-14-12-17-15-5-3-4-8-18(15,16(14)11-13)9-10-19(17)2;1-14-7-9-15(10-8-14)13-18-17-6-4-3-5-16(17)11-12-19(18)2/h6-7,11,15,17H,3-5,8-10,12H2,1-2H3;7-10,18H,3-6,11-13H2,1-2H3/t15-,17+,18+;/m0./s1. The fourth-order valence-corrected chi connectivity index (χ4v) is 8.95. The van der Waals surface area contributed by atoms with E-state index in [1.165, 1.54) is 107 Å². The van der Waals surface area contributed by atoms with E-state index in [0.29, 0.717) is 11.5 Å². The molecule has 204 valence electrons. The lowest BCUT2D eigenvalue weighted by Gasteiger charge is -2.58. The molecule has 1 saturated heterocycles. The number of benzene rings is 2. The molecule has 2 aliphatic heterocycles. The van der Waals surface area contributed by atoms with Gasteiger partial charge in [0, 0.05) is 24.0 Å². The number of rotatable bonds is 2. The molecule has 1 saturated carbocycles. The van der Waals surface area contributed by atoms with E-state index in [9.17, 15) is 0 Å². The van der Waals surface area contributed by atoms with E-state index < -0.39 is 0 Å². The average Bonchev–Trinajstić information content (AvgIpc) is 2.94. The van der Waals surface area contributed by atoms with Crippen LogP contribution in [0, 0.1) is 19.8 Å². The van der Waals surface area contributed by atoms with Gasteiger partial charge in [0.2, 0.25) is 0 Å². The Morgan fingerprint density at radius 2 is 1.58 bits per heavy atom. The second-order valence-corrected chi connectivity index (χ2v) is 13.4. The van der Waals surface area contributed by atoms with Gasteiger partial charge in [-0.05, 0) is 121 Å². The quantitative estimate of drug-likeness (QED) is 0.380. The zero-order chi connectivity index (χ0) is 26.3. The molecule has 2 fully saturated rings. The van der Waals surface area contributed by atoms with Gasteiger partial charge in [-0.1, -0.05) is 77.6 Å². The second-order valence-electron chi connectivity index (χ2n) is 13.4. The summed E-state index contributed by atoms with van der Waals surface area (Å²) in [6.07, 6.45) is 16.5. The normalized spacial score (nSPS) is 31.0. The molecular formula is C36H50N2. The van der Waals surface area contributed by atoms with Gasteiger partial charge >= 0.3 is 0 Å². The Balaban J connectivity index is 0.000000139. The number of likely N-dealkylation sites (N-methyl/N-ethyl adjacent to an activating group) is 2. The fraction of sp³-hybridized carbons (Fsp3) is 0.611. The summed E-state index contributed by atoms with van der Waals surface area (Å²) in [7, 11) is 4.65. The summed E-state index contributed by atoms with van der Waals surface area (Å²) in [4.78, 5) is 5.22. The van der Waals surface area contributed by atoms with Crippen molar-refractivity contribution in [3.8, 4) is 0 Å². The molecule has 2 bridgehead atoms. The van der Waals surface area contributed by atoms with E-state index in [-0.39, 0.29) is 0 Å². The molecule has 3 aliphatic carbocycles. The number of hydrogen-bond donors (Lipinski definition) is 0. The third-order valence-corrected chi connectivity index (χ3v) is 11.1. The largest absolute Gasteiger partial charge is 0.303 e. The Hall–Kier alpha value is -1.90. The van der Waals surface area contributed by atoms with Crippen molar-refractivity contribution in [3.63, 3.8) is 0 Å². The van der Waals surface area contributed by atoms with Crippen LogP contribution in [0.25, 0.3) is 0 Å².